The van der Waals surface area contributed by atoms with Gasteiger partial charge in [0.1, 0.15) is 5.69 Å². The van der Waals surface area contributed by atoms with Crippen LogP contribution in [0.15, 0.2) is 59.8 Å². The van der Waals surface area contributed by atoms with E-state index in [4.69, 9.17) is 34.8 Å². The summed E-state index contributed by atoms with van der Waals surface area (Å²) in [6.45, 7) is 0. The first kappa shape index (κ1) is 20.2. The van der Waals surface area contributed by atoms with E-state index in [9.17, 15) is 23.3 Å². The monoisotopic (exact) mass is 440 g/mol. The highest BCUT2D eigenvalue weighted by molar-refractivity contribution is 7.92. The fraction of sp³-hybridized carbons (Fsp3) is 0.0769. The number of sulfonamides is 1. The van der Waals surface area contributed by atoms with E-state index in [1.54, 1.807) is 6.07 Å². The molecule has 0 radical (unpaired) electrons. The zero-order valence-electron chi connectivity index (χ0n) is 12.5. The summed E-state index contributed by atoms with van der Waals surface area (Å²) in [6.07, 6.45) is 2.08. The van der Waals surface area contributed by atoms with Crippen molar-refractivity contribution >= 4 is 56.5 Å². The number of pyridine rings is 1. The Balaban J connectivity index is 2.35. The van der Waals surface area contributed by atoms with Crippen LogP contribution in [0.3, 0.4) is 0 Å². The first-order valence-corrected chi connectivity index (χ1v) is 9.16. The van der Waals surface area contributed by atoms with Gasteiger partial charge in [-0.15, -0.1) is 0 Å². The number of aromatic nitrogens is 1. The van der Waals surface area contributed by atoms with Gasteiger partial charge < -0.3 is 0 Å². The van der Waals surface area contributed by atoms with E-state index in [-0.39, 0.29) is 15.0 Å². The molecule has 1 heterocycles. The Labute approximate surface area is 162 Å². The van der Waals surface area contributed by atoms with Crippen LogP contribution in [0.1, 0.15) is 0 Å². The third-order valence-electron chi connectivity index (χ3n) is 2.84. The number of benzene rings is 1. The molecule has 0 bridgehead atoms. The number of carbonyl (C=O) groups excluding carboxylic acids is 1. The fourth-order valence-electron chi connectivity index (χ4n) is 1.75. The van der Waals surface area contributed by atoms with E-state index in [1.807, 2.05) is 0 Å². The Kier molecular flexibility index (Phi) is 5.91. The van der Waals surface area contributed by atoms with Crippen LogP contribution in [0.2, 0.25) is 0 Å². The van der Waals surface area contributed by atoms with E-state index in [1.165, 1.54) is 24.3 Å². The summed E-state index contributed by atoms with van der Waals surface area (Å²) in [5.41, 5.74) is -0.306. The molecule has 1 aromatic heterocycles. The van der Waals surface area contributed by atoms with Crippen molar-refractivity contribution in [3.63, 3.8) is 0 Å². The predicted octanol–water partition coefficient (Wildman–Crippen LogP) is 1.69. The Morgan fingerprint density at radius 2 is 1.65 bits per heavy atom. The number of carbonyl (C=O) groups is 1. The van der Waals surface area contributed by atoms with Crippen LogP contribution in [-0.2, 0) is 14.8 Å². The molecular formula is C13H9Cl3N3O6S+. The lowest BCUT2D eigenvalue weighted by atomic mass is 10.4. The number of hydrogen-bond acceptors (Lipinski definition) is 6. The molecule has 138 valence electrons. The molecule has 0 saturated heterocycles. The average Bonchev–Trinajstić information content (AvgIpc) is 2.56. The van der Waals surface area contributed by atoms with Crippen molar-refractivity contribution in [3.8, 4) is 0 Å². The largest absolute Gasteiger partial charge is 0.431 e. The van der Waals surface area contributed by atoms with E-state index < -0.39 is 24.8 Å². The molecule has 0 aliphatic carbocycles. The van der Waals surface area contributed by atoms with Gasteiger partial charge >= 0.3 is 16.0 Å². The van der Waals surface area contributed by atoms with Crippen molar-refractivity contribution in [2.75, 3.05) is 4.41 Å². The highest BCUT2D eigenvalue weighted by Gasteiger charge is 2.38. The Morgan fingerprint density at radius 1 is 1.12 bits per heavy atom. The molecule has 0 fully saturated rings. The van der Waals surface area contributed by atoms with Gasteiger partial charge in [-0.2, -0.15) is 13.3 Å². The van der Waals surface area contributed by atoms with Gasteiger partial charge in [-0.05, 0) is 12.1 Å². The van der Waals surface area contributed by atoms with Gasteiger partial charge in [0, 0.05) is 21.3 Å². The topological polar surface area (TPSA) is 111 Å². The van der Waals surface area contributed by atoms with Crippen LogP contribution in [0.25, 0.3) is 0 Å². The maximum absolute atomic E-state index is 12.5. The summed E-state index contributed by atoms with van der Waals surface area (Å²) in [5, 5.41) is 10.2. The van der Waals surface area contributed by atoms with E-state index in [0.717, 1.165) is 29.3 Å². The molecule has 9 nitrogen and oxygen atoms in total. The quantitative estimate of drug-likeness (QED) is 0.302. The highest BCUT2D eigenvalue weighted by Crippen LogP contribution is 2.26. The molecule has 0 saturated carbocycles. The molecule has 0 aliphatic rings. The van der Waals surface area contributed by atoms with E-state index in [2.05, 4.69) is 4.84 Å². The highest BCUT2D eigenvalue weighted by atomic mass is 35.6. The Morgan fingerprint density at radius 3 is 2.12 bits per heavy atom. The van der Waals surface area contributed by atoms with Gasteiger partial charge in [0.05, 0.1) is 4.90 Å². The fourth-order valence-corrected chi connectivity index (χ4v) is 3.13. The van der Waals surface area contributed by atoms with Crippen LogP contribution in [0, 0.1) is 10.1 Å². The van der Waals surface area contributed by atoms with Crippen LogP contribution >= 0.6 is 34.8 Å². The number of anilines is 1. The number of hydrazine groups is 1. The third-order valence-corrected chi connectivity index (χ3v) is 4.97. The van der Waals surface area contributed by atoms with E-state index >= 15 is 0 Å². The van der Waals surface area contributed by atoms with Crippen molar-refractivity contribution in [3.05, 3.63) is 65.0 Å². The summed E-state index contributed by atoms with van der Waals surface area (Å²) in [6, 6.07) is 8.94. The smallest absolute Gasteiger partial charge is 0.239 e. The zero-order chi connectivity index (χ0) is 19.5. The molecule has 0 N–H and O–H groups in total. The van der Waals surface area contributed by atoms with Gasteiger partial charge in [0.25, 0.3) is 3.79 Å². The number of alkyl halides is 3. The van der Waals surface area contributed by atoms with Gasteiger partial charge in [0.2, 0.25) is 12.4 Å². The lowest BCUT2D eigenvalue weighted by Gasteiger charge is -2.13. The standard InChI is InChI=1S/C13H9Cl3N3O6S/c14-13(15,16)12(20)25-17-8-6-10(7-9-17)18(19(21)22)26(23,24)11-4-2-1-3-5-11/h1-9H/q+1. The molecule has 1 aromatic carbocycles. The second-order valence-electron chi connectivity index (χ2n) is 4.59. The lowest BCUT2D eigenvalue weighted by Crippen LogP contribution is -2.49. The molecule has 0 amide bonds. The van der Waals surface area contributed by atoms with Gasteiger partial charge in [-0.1, -0.05) is 53.0 Å². The minimum atomic E-state index is -4.46. The summed E-state index contributed by atoms with van der Waals surface area (Å²) >= 11 is 16.1. The summed E-state index contributed by atoms with van der Waals surface area (Å²) < 4.78 is 23.5. The maximum atomic E-state index is 12.5. The van der Waals surface area contributed by atoms with Crippen LogP contribution < -0.4 is 14.0 Å². The zero-order valence-corrected chi connectivity index (χ0v) is 15.6. The molecule has 2 rings (SSSR count). The average molecular weight is 442 g/mol. The molecule has 26 heavy (non-hydrogen) atoms. The first-order chi connectivity index (χ1) is 12.0. The number of halogens is 3. The normalized spacial score (nSPS) is 11.7. The molecule has 0 atom stereocenters. The third kappa shape index (κ3) is 4.52. The number of nitrogens with zero attached hydrogens (tertiary/aromatic N) is 3. The number of rotatable bonds is 5. The number of hydrogen-bond donors (Lipinski definition) is 0. The van der Waals surface area contributed by atoms with Crippen LogP contribution in [0.5, 0.6) is 0 Å². The number of nitro groups is 1. The Bertz CT molecular complexity index is 916. The first-order valence-electron chi connectivity index (χ1n) is 6.59. The summed E-state index contributed by atoms with van der Waals surface area (Å²) in [4.78, 5) is 27.2. The maximum Gasteiger partial charge on any atom is 0.431 e. The minimum Gasteiger partial charge on any atom is -0.239 e. The van der Waals surface area contributed by atoms with Crippen molar-refractivity contribution in [1.29, 1.82) is 0 Å². The molecular weight excluding hydrogens is 433 g/mol. The molecule has 13 heteroatoms. The lowest BCUT2D eigenvalue weighted by molar-refractivity contribution is -0.869. The van der Waals surface area contributed by atoms with Crippen LogP contribution in [0.4, 0.5) is 5.69 Å². The molecule has 0 aliphatic heterocycles. The Hall–Kier alpha value is -2.14. The van der Waals surface area contributed by atoms with Crippen molar-refractivity contribution in [1.82, 2.24) is 0 Å². The van der Waals surface area contributed by atoms with Crippen molar-refractivity contribution in [2.24, 2.45) is 0 Å². The van der Waals surface area contributed by atoms with E-state index in [0.29, 0.717) is 0 Å². The van der Waals surface area contributed by atoms with Gasteiger partial charge in [0.15, 0.2) is 5.03 Å². The molecule has 0 spiro atoms. The molecule has 0 unspecified atom stereocenters. The molecule has 2 aromatic rings. The van der Waals surface area contributed by atoms with Gasteiger partial charge in [-0.25, -0.2) is 14.9 Å². The van der Waals surface area contributed by atoms with Crippen molar-refractivity contribution < 1.29 is 27.8 Å². The van der Waals surface area contributed by atoms with Crippen molar-refractivity contribution in [2.45, 2.75) is 8.69 Å². The van der Waals surface area contributed by atoms with Gasteiger partial charge in [-0.3, -0.25) is 0 Å². The SMILES string of the molecule is O=C(O[n+]1ccc(N([N+](=O)[O-])S(=O)(=O)c2ccccc2)cc1)C(Cl)(Cl)Cl. The predicted molar refractivity (Wildman–Crippen MR) is 91.6 cm³/mol. The second kappa shape index (κ2) is 7.62. The summed E-state index contributed by atoms with van der Waals surface area (Å²) in [7, 11) is -4.46. The minimum absolute atomic E-state index is 0.0105. The summed E-state index contributed by atoms with van der Waals surface area (Å²) in [5.74, 6) is -1.22. The van der Waals surface area contributed by atoms with Crippen LogP contribution in [-0.4, -0.2) is 23.2 Å². The second-order valence-corrected chi connectivity index (χ2v) is 8.64.